The number of anilines is 1. The van der Waals surface area contributed by atoms with Crippen LogP contribution >= 0.6 is 0 Å². The molecule has 0 aliphatic carbocycles. The van der Waals surface area contributed by atoms with E-state index in [1.54, 1.807) is 55.6 Å². The van der Waals surface area contributed by atoms with E-state index < -0.39 is 10.0 Å². The van der Waals surface area contributed by atoms with Gasteiger partial charge in [-0.15, -0.1) is 0 Å². The minimum atomic E-state index is -3.67. The Kier molecular flexibility index (Phi) is 5.91. The predicted molar refractivity (Wildman–Crippen MR) is 122 cm³/mol. The summed E-state index contributed by atoms with van der Waals surface area (Å²) in [5, 5.41) is 0. The summed E-state index contributed by atoms with van der Waals surface area (Å²) in [6.07, 6.45) is 4.37. The number of nitrogens with zero attached hydrogens (tertiary/aromatic N) is 4. The van der Waals surface area contributed by atoms with Crippen molar-refractivity contribution in [3.63, 3.8) is 0 Å². The number of nitrogens with one attached hydrogen (secondary N) is 1. The van der Waals surface area contributed by atoms with Crippen LogP contribution in [0, 0.1) is 13.8 Å². The molecular weight excluding hydrogens is 426 g/mol. The maximum atomic E-state index is 12.6. The van der Waals surface area contributed by atoms with E-state index >= 15 is 0 Å². The Bertz CT molecular complexity index is 1330. The fourth-order valence-electron chi connectivity index (χ4n) is 3.15. The minimum Gasteiger partial charge on any atom is -0.439 e. The quantitative estimate of drug-likeness (QED) is 0.448. The lowest BCUT2D eigenvalue weighted by Gasteiger charge is -2.11. The average Bonchev–Trinajstić information content (AvgIpc) is 3.20. The molecule has 8 nitrogen and oxygen atoms in total. The zero-order chi connectivity index (χ0) is 22.7. The molecule has 2 aromatic heterocycles. The van der Waals surface area contributed by atoms with E-state index in [1.807, 2.05) is 36.7 Å². The molecule has 4 aromatic rings. The van der Waals surface area contributed by atoms with Crippen molar-refractivity contribution in [1.82, 2.24) is 19.5 Å². The van der Waals surface area contributed by atoms with E-state index in [0.717, 1.165) is 17.8 Å². The third-order valence-corrected chi connectivity index (χ3v) is 6.24. The Morgan fingerprint density at radius 3 is 2.34 bits per heavy atom. The molecule has 0 saturated carbocycles. The zero-order valence-electron chi connectivity index (χ0n) is 18.0. The molecule has 0 aliphatic heterocycles. The molecular formula is C23H23N5O3S. The average molecular weight is 450 g/mol. The summed E-state index contributed by atoms with van der Waals surface area (Å²) >= 11 is 0. The molecule has 2 heterocycles. The van der Waals surface area contributed by atoms with Gasteiger partial charge in [-0.3, -0.25) is 9.29 Å². The molecule has 4 rings (SSSR count). The van der Waals surface area contributed by atoms with Crippen LogP contribution in [0.2, 0.25) is 0 Å². The van der Waals surface area contributed by atoms with Gasteiger partial charge in [0.1, 0.15) is 23.2 Å². The maximum Gasteiger partial charge on any atom is 0.261 e. The zero-order valence-corrected chi connectivity index (χ0v) is 18.8. The Labute approximate surface area is 187 Å². The van der Waals surface area contributed by atoms with Gasteiger partial charge in [-0.2, -0.15) is 4.98 Å². The lowest BCUT2D eigenvalue weighted by atomic mass is 10.2. The van der Waals surface area contributed by atoms with Crippen molar-refractivity contribution in [1.29, 1.82) is 0 Å². The number of sulfonamides is 1. The summed E-state index contributed by atoms with van der Waals surface area (Å²) in [6, 6.07) is 15.2. The highest BCUT2D eigenvalue weighted by atomic mass is 32.2. The van der Waals surface area contributed by atoms with Crippen LogP contribution in [-0.2, 0) is 16.4 Å². The third kappa shape index (κ3) is 4.78. The van der Waals surface area contributed by atoms with Crippen LogP contribution in [0.5, 0.6) is 11.6 Å². The number of imidazole rings is 1. The second kappa shape index (κ2) is 8.80. The number of aromatic nitrogens is 4. The van der Waals surface area contributed by atoms with E-state index in [-0.39, 0.29) is 4.90 Å². The molecule has 0 saturated heterocycles. The molecule has 0 radical (unpaired) electrons. The topological polar surface area (TPSA) is 99.0 Å². The fourth-order valence-corrected chi connectivity index (χ4v) is 4.21. The summed E-state index contributed by atoms with van der Waals surface area (Å²) in [6.45, 7) is 5.69. The Morgan fingerprint density at radius 1 is 1.00 bits per heavy atom. The predicted octanol–water partition coefficient (Wildman–Crippen LogP) is 4.43. The molecule has 0 bridgehead atoms. The normalized spacial score (nSPS) is 11.3. The second-order valence-corrected chi connectivity index (χ2v) is 8.87. The van der Waals surface area contributed by atoms with Crippen molar-refractivity contribution < 1.29 is 13.2 Å². The molecule has 2 aromatic carbocycles. The number of hydrogen-bond acceptors (Lipinski definition) is 6. The van der Waals surface area contributed by atoms with Crippen LogP contribution in [0.1, 0.15) is 24.1 Å². The van der Waals surface area contributed by atoms with Crippen molar-refractivity contribution in [2.75, 3.05) is 4.72 Å². The van der Waals surface area contributed by atoms with Crippen molar-refractivity contribution in [3.05, 3.63) is 84.2 Å². The standard InChI is InChI=1S/C23H23N5O3S/c1-4-18-5-11-21(12-6-18)32(29,30)27-19-7-9-20(10-8-19)31-23-15-22(25-16(2)26-23)28-14-13-24-17(28)3/h5-15,27H,4H2,1-3H3. The molecule has 164 valence electrons. The largest absolute Gasteiger partial charge is 0.439 e. The molecule has 0 spiro atoms. The lowest BCUT2D eigenvalue weighted by molar-refractivity contribution is 0.459. The van der Waals surface area contributed by atoms with Crippen LogP contribution in [0.3, 0.4) is 0 Å². The van der Waals surface area contributed by atoms with Gasteiger partial charge < -0.3 is 4.74 Å². The monoisotopic (exact) mass is 449 g/mol. The third-order valence-electron chi connectivity index (χ3n) is 4.84. The van der Waals surface area contributed by atoms with Crippen molar-refractivity contribution in [3.8, 4) is 17.4 Å². The van der Waals surface area contributed by atoms with Gasteiger partial charge in [-0.05, 0) is 62.2 Å². The Morgan fingerprint density at radius 2 is 1.72 bits per heavy atom. The summed E-state index contributed by atoms with van der Waals surface area (Å²) in [5.41, 5.74) is 1.52. The van der Waals surface area contributed by atoms with Crippen LogP contribution < -0.4 is 9.46 Å². The molecule has 0 fully saturated rings. The van der Waals surface area contributed by atoms with E-state index in [9.17, 15) is 8.42 Å². The smallest absolute Gasteiger partial charge is 0.261 e. The first-order valence-electron chi connectivity index (χ1n) is 10.1. The van der Waals surface area contributed by atoms with E-state index in [4.69, 9.17) is 4.74 Å². The summed E-state index contributed by atoms with van der Waals surface area (Å²) < 4.78 is 35.5. The van der Waals surface area contributed by atoms with Crippen molar-refractivity contribution in [2.45, 2.75) is 32.1 Å². The molecule has 1 N–H and O–H groups in total. The number of hydrogen-bond donors (Lipinski definition) is 1. The fraction of sp³-hybridized carbons (Fsp3) is 0.174. The molecule has 0 aliphatic rings. The van der Waals surface area contributed by atoms with Gasteiger partial charge in [-0.1, -0.05) is 19.1 Å². The number of ether oxygens (including phenoxy) is 1. The van der Waals surface area contributed by atoms with Crippen molar-refractivity contribution in [2.24, 2.45) is 0 Å². The molecule has 0 unspecified atom stereocenters. The van der Waals surface area contributed by atoms with Crippen LogP contribution in [-0.4, -0.2) is 27.9 Å². The van der Waals surface area contributed by atoms with Crippen molar-refractivity contribution >= 4 is 15.7 Å². The van der Waals surface area contributed by atoms with E-state index in [2.05, 4.69) is 19.7 Å². The lowest BCUT2D eigenvalue weighted by Crippen LogP contribution is -2.12. The van der Waals surface area contributed by atoms with Gasteiger partial charge in [-0.25, -0.2) is 18.4 Å². The number of rotatable bonds is 7. The molecule has 9 heteroatoms. The van der Waals surface area contributed by atoms with Gasteiger partial charge in [0.05, 0.1) is 4.90 Å². The number of aryl methyl sites for hydroxylation is 3. The van der Waals surface area contributed by atoms with Crippen LogP contribution in [0.4, 0.5) is 5.69 Å². The second-order valence-electron chi connectivity index (χ2n) is 7.19. The highest BCUT2D eigenvalue weighted by Gasteiger charge is 2.14. The van der Waals surface area contributed by atoms with Gasteiger partial charge in [0.2, 0.25) is 5.88 Å². The molecule has 0 amide bonds. The van der Waals surface area contributed by atoms with Gasteiger partial charge in [0.25, 0.3) is 10.0 Å². The van der Waals surface area contributed by atoms with Crippen LogP contribution in [0.15, 0.2) is 71.9 Å². The minimum absolute atomic E-state index is 0.216. The van der Waals surface area contributed by atoms with Gasteiger partial charge in [0.15, 0.2) is 0 Å². The van der Waals surface area contributed by atoms with E-state index in [0.29, 0.717) is 29.0 Å². The SMILES string of the molecule is CCc1ccc(S(=O)(=O)Nc2ccc(Oc3cc(-n4ccnc4C)nc(C)n3)cc2)cc1. The molecule has 0 atom stereocenters. The first-order chi connectivity index (χ1) is 15.3. The first kappa shape index (κ1) is 21.5. The first-order valence-corrected chi connectivity index (χ1v) is 11.6. The summed E-state index contributed by atoms with van der Waals surface area (Å²) in [4.78, 5) is 13.2. The number of benzene rings is 2. The Balaban J connectivity index is 1.49. The highest BCUT2D eigenvalue weighted by Crippen LogP contribution is 2.25. The Hall–Kier alpha value is -3.72. The van der Waals surface area contributed by atoms with Gasteiger partial charge in [0, 0.05) is 24.1 Å². The highest BCUT2D eigenvalue weighted by molar-refractivity contribution is 7.92. The summed E-state index contributed by atoms with van der Waals surface area (Å²) in [5.74, 6) is 2.91. The maximum absolute atomic E-state index is 12.6. The summed E-state index contributed by atoms with van der Waals surface area (Å²) in [7, 11) is -3.67. The molecule has 32 heavy (non-hydrogen) atoms. The van der Waals surface area contributed by atoms with Crippen LogP contribution in [0.25, 0.3) is 5.82 Å². The van der Waals surface area contributed by atoms with E-state index in [1.165, 1.54) is 0 Å². The van der Waals surface area contributed by atoms with Gasteiger partial charge >= 0.3 is 0 Å².